The Morgan fingerprint density at radius 1 is 0.744 bits per heavy atom. The number of epoxide rings is 1. The molecule has 43 heavy (non-hydrogen) atoms. The molecule has 0 amide bonds. The normalized spacial score (nSPS) is 31.7. The first-order valence-electron chi connectivity index (χ1n) is 15.7. The van der Waals surface area contributed by atoms with Crippen molar-refractivity contribution in [3.63, 3.8) is 0 Å². The van der Waals surface area contributed by atoms with Gasteiger partial charge in [-0.15, -0.1) is 0 Å². The molecule has 0 aromatic heterocycles. The highest BCUT2D eigenvalue weighted by molar-refractivity contribution is 5.45. The molecule has 0 unspecified atom stereocenters. The predicted octanol–water partition coefficient (Wildman–Crippen LogP) is 9.21. The van der Waals surface area contributed by atoms with E-state index < -0.39 is 0 Å². The fourth-order valence-electron chi connectivity index (χ4n) is 6.88. The third-order valence-electron chi connectivity index (χ3n) is 9.12. The quantitative estimate of drug-likeness (QED) is 0.170. The van der Waals surface area contributed by atoms with Gasteiger partial charge >= 0.3 is 0 Å². The van der Waals surface area contributed by atoms with Crippen molar-refractivity contribution < 1.29 is 14.9 Å². The third-order valence-corrected chi connectivity index (χ3v) is 9.12. The Kier molecular flexibility index (Phi) is 11.1. The Labute approximate surface area is 261 Å². The number of allylic oxidation sites excluding steroid dienone is 16. The molecule has 3 aliphatic rings. The van der Waals surface area contributed by atoms with Gasteiger partial charge in [0.1, 0.15) is 11.2 Å². The Balaban J connectivity index is 1.51. The van der Waals surface area contributed by atoms with Crippen LogP contribution in [0.2, 0.25) is 0 Å². The minimum Gasteiger partial charge on any atom is -0.393 e. The van der Waals surface area contributed by atoms with E-state index in [0.717, 1.165) is 30.4 Å². The fourth-order valence-corrected chi connectivity index (χ4v) is 6.88. The molecule has 0 radical (unpaired) electrons. The second-order valence-corrected chi connectivity index (χ2v) is 14.4. The Hall–Kier alpha value is -2.90. The van der Waals surface area contributed by atoms with Crippen LogP contribution in [0.3, 0.4) is 0 Å². The van der Waals surface area contributed by atoms with Gasteiger partial charge in [0, 0.05) is 22.8 Å². The molecule has 2 N–H and O–H groups in total. The molecule has 3 nitrogen and oxygen atoms in total. The molecule has 4 atom stereocenters. The van der Waals surface area contributed by atoms with Gasteiger partial charge in [0.25, 0.3) is 0 Å². The topological polar surface area (TPSA) is 53.0 Å². The summed E-state index contributed by atoms with van der Waals surface area (Å²) in [5, 5.41) is 20.3. The van der Waals surface area contributed by atoms with Crippen molar-refractivity contribution in [2.24, 2.45) is 10.8 Å². The van der Waals surface area contributed by atoms with E-state index in [4.69, 9.17) is 4.74 Å². The maximum atomic E-state index is 10.2. The number of ether oxygens (including phenoxy) is 1. The maximum Gasteiger partial charge on any atom is 0.121 e. The van der Waals surface area contributed by atoms with Gasteiger partial charge in [0.05, 0.1) is 12.2 Å². The second-order valence-electron chi connectivity index (χ2n) is 14.4. The zero-order valence-corrected chi connectivity index (χ0v) is 28.2. The van der Waals surface area contributed by atoms with Crippen LogP contribution in [0.5, 0.6) is 0 Å². The van der Waals surface area contributed by atoms with Crippen LogP contribution in [0.1, 0.15) is 94.9 Å². The van der Waals surface area contributed by atoms with E-state index in [0.29, 0.717) is 6.42 Å². The van der Waals surface area contributed by atoms with Gasteiger partial charge in [-0.1, -0.05) is 129 Å². The largest absolute Gasteiger partial charge is 0.393 e. The summed E-state index contributed by atoms with van der Waals surface area (Å²) >= 11 is 0. The van der Waals surface area contributed by atoms with Gasteiger partial charge < -0.3 is 14.9 Å². The maximum absolute atomic E-state index is 10.2. The van der Waals surface area contributed by atoms with Crippen LogP contribution in [0, 0.1) is 22.7 Å². The van der Waals surface area contributed by atoms with Crippen molar-refractivity contribution in [3.8, 4) is 11.8 Å². The SMILES string of the molecule is CC1=C(C#C/C(C)=C/C=C/C(C)=C\C=C\C=C(C)\C=C\C=C(C)\C=C\[C@@]23O[C@]2(C)C[C@@H](O)CC3(C)C)C(C)(C)C[C@H](O)C1. The summed E-state index contributed by atoms with van der Waals surface area (Å²) in [6.45, 7) is 21.2. The highest BCUT2D eigenvalue weighted by atomic mass is 16.6. The predicted molar refractivity (Wildman–Crippen MR) is 182 cm³/mol. The molecule has 3 rings (SSSR count). The van der Waals surface area contributed by atoms with Crippen LogP contribution in [0.25, 0.3) is 0 Å². The molecular weight excluding hydrogens is 528 g/mol. The molecule has 1 saturated heterocycles. The monoisotopic (exact) mass is 582 g/mol. The Morgan fingerprint density at radius 2 is 1.30 bits per heavy atom. The van der Waals surface area contributed by atoms with E-state index in [1.54, 1.807) is 0 Å². The lowest BCUT2D eigenvalue weighted by atomic mass is 9.63. The summed E-state index contributed by atoms with van der Waals surface area (Å²) in [5.41, 5.74) is 6.13. The molecule has 232 valence electrons. The zero-order chi connectivity index (χ0) is 32.1. The molecule has 3 heteroatoms. The van der Waals surface area contributed by atoms with Crippen molar-refractivity contribution in [1.29, 1.82) is 0 Å². The average molecular weight is 583 g/mol. The third kappa shape index (κ3) is 8.82. The lowest BCUT2D eigenvalue weighted by Gasteiger charge is -2.39. The van der Waals surface area contributed by atoms with Gasteiger partial charge in [0.2, 0.25) is 0 Å². The molecule has 0 aromatic carbocycles. The van der Waals surface area contributed by atoms with Crippen molar-refractivity contribution >= 4 is 0 Å². The summed E-state index contributed by atoms with van der Waals surface area (Å²) in [4.78, 5) is 0. The minimum atomic E-state index is -0.294. The smallest absolute Gasteiger partial charge is 0.121 e. The number of rotatable bonds is 8. The van der Waals surface area contributed by atoms with Crippen LogP contribution in [0.15, 0.2) is 106 Å². The lowest BCUT2D eigenvalue weighted by molar-refractivity contribution is 0.0515. The molecule has 1 aliphatic heterocycles. The van der Waals surface area contributed by atoms with Gasteiger partial charge in [-0.05, 0) is 72.5 Å². The van der Waals surface area contributed by atoms with Crippen LogP contribution < -0.4 is 0 Å². The summed E-state index contributed by atoms with van der Waals surface area (Å²) in [6.07, 6.45) is 27.5. The Bertz CT molecular complexity index is 1390. The number of hydrogen-bond acceptors (Lipinski definition) is 3. The van der Waals surface area contributed by atoms with Crippen LogP contribution >= 0.6 is 0 Å². The summed E-state index contributed by atoms with van der Waals surface area (Å²) in [5.74, 6) is 6.68. The van der Waals surface area contributed by atoms with Gasteiger partial charge in [-0.25, -0.2) is 0 Å². The first-order valence-corrected chi connectivity index (χ1v) is 15.7. The van der Waals surface area contributed by atoms with Crippen LogP contribution in [-0.2, 0) is 4.74 Å². The molecular formula is C40H54O3. The summed E-state index contributed by atoms with van der Waals surface area (Å²) in [6, 6.07) is 0. The standard InChI is InChI=1S/C40H54O3/c1-29(17-13-19-31(3)21-22-36-33(5)25-34(41)26-37(36,6)7)15-11-12-16-30(2)18-14-20-32(4)23-24-40-38(8,9)27-35(42)28-39(40,10)43-40/h11-20,23-24,34-35,41-42H,25-28H2,1-10H3/b12-11+,17-13+,18-14+,24-23+,29-15-,30-16+,31-19+,32-20+/t34-,35+,39-,40+/m1/s1. The molecule has 0 bridgehead atoms. The van der Waals surface area contributed by atoms with E-state index in [1.165, 1.54) is 22.3 Å². The van der Waals surface area contributed by atoms with Crippen molar-refractivity contribution in [3.05, 3.63) is 106 Å². The number of hydrogen-bond donors (Lipinski definition) is 2. The van der Waals surface area contributed by atoms with Crippen molar-refractivity contribution in [2.45, 2.75) is 118 Å². The number of aliphatic hydroxyl groups is 2. The van der Waals surface area contributed by atoms with Crippen molar-refractivity contribution in [2.75, 3.05) is 0 Å². The number of fused-ring (bicyclic) bond motifs is 1. The Morgan fingerprint density at radius 3 is 1.88 bits per heavy atom. The van der Waals surface area contributed by atoms with Gasteiger partial charge in [-0.2, -0.15) is 0 Å². The first kappa shape index (κ1) is 34.6. The lowest BCUT2D eigenvalue weighted by Crippen LogP contribution is -2.46. The van der Waals surface area contributed by atoms with E-state index in [-0.39, 0.29) is 34.2 Å². The minimum absolute atomic E-state index is 0.0842. The zero-order valence-electron chi connectivity index (χ0n) is 28.2. The summed E-state index contributed by atoms with van der Waals surface area (Å²) < 4.78 is 6.24. The van der Waals surface area contributed by atoms with Gasteiger partial charge in [0.15, 0.2) is 0 Å². The molecule has 2 aliphatic carbocycles. The molecule has 1 heterocycles. The molecule has 1 saturated carbocycles. The summed E-state index contributed by atoms with van der Waals surface area (Å²) in [7, 11) is 0. The average Bonchev–Trinajstić information content (AvgIpc) is 3.49. The van der Waals surface area contributed by atoms with Crippen LogP contribution in [0.4, 0.5) is 0 Å². The highest BCUT2D eigenvalue weighted by Gasteiger charge is 2.74. The molecule has 0 spiro atoms. The van der Waals surface area contributed by atoms with Crippen LogP contribution in [-0.4, -0.2) is 33.6 Å². The fraction of sp³-hybridized carbons (Fsp3) is 0.500. The van der Waals surface area contributed by atoms with E-state index in [9.17, 15) is 10.2 Å². The second kappa shape index (κ2) is 13.8. The van der Waals surface area contributed by atoms with Crippen molar-refractivity contribution in [1.82, 2.24) is 0 Å². The molecule has 0 aromatic rings. The van der Waals surface area contributed by atoms with E-state index in [2.05, 4.69) is 135 Å². The first-order chi connectivity index (χ1) is 20.0. The van der Waals surface area contributed by atoms with E-state index >= 15 is 0 Å². The van der Waals surface area contributed by atoms with E-state index in [1.807, 2.05) is 19.1 Å². The molecule has 2 fully saturated rings. The number of aliphatic hydroxyl groups excluding tert-OH is 2. The highest BCUT2D eigenvalue weighted by Crippen LogP contribution is 2.66. The van der Waals surface area contributed by atoms with Gasteiger partial charge in [-0.3, -0.25) is 0 Å².